The molecule has 0 aliphatic heterocycles. The Morgan fingerprint density at radius 2 is 2.00 bits per heavy atom. The topological polar surface area (TPSA) is 94.1 Å². The van der Waals surface area contributed by atoms with Crippen molar-refractivity contribution in [1.82, 2.24) is 19.7 Å². The van der Waals surface area contributed by atoms with Crippen molar-refractivity contribution in [2.45, 2.75) is 11.7 Å². The minimum Gasteiger partial charge on any atom is -0.303 e. The highest BCUT2D eigenvalue weighted by Gasteiger charge is 2.18. The fourth-order valence-corrected chi connectivity index (χ4v) is 1.66. The lowest BCUT2D eigenvalue weighted by atomic mass is 10.5. The fourth-order valence-electron chi connectivity index (χ4n) is 1.01. The zero-order valence-corrected chi connectivity index (χ0v) is 9.11. The van der Waals surface area contributed by atoms with E-state index in [0.717, 1.165) is 0 Å². The number of sulfonamides is 1. The lowest BCUT2D eigenvalue weighted by molar-refractivity contribution is 0.382. The molecule has 14 heavy (non-hydrogen) atoms. The van der Waals surface area contributed by atoms with Crippen molar-refractivity contribution in [3.63, 3.8) is 0 Å². The maximum absolute atomic E-state index is 11.0. The van der Waals surface area contributed by atoms with Crippen LogP contribution in [0.2, 0.25) is 0 Å². The fraction of sp³-hybridized carbons (Fsp3) is 0.667. The van der Waals surface area contributed by atoms with Crippen LogP contribution in [0.3, 0.4) is 0 Å². The lowest BCUT2D eigenvalue weighted by Gasteiger charge is -2.08. The molecule has 0 atom stereocenters. The van der Waals surface area contributed by atoms with Gasteiger partial charge in [-0.25, -0.2) is 13.6 Å². The summed E-state index contributed by atoms with van der Waals surface area (Å²) in [5, 5.41) is 12.0. The molecule has 0 fully saturated rings. The zero-order chi connectivity index (χ0) is 10.9. The van der Waals surface area contributed by atoms with Crippen LogP contribution in [-0.4, -0.2) is 42.2 Å². The molecule has 0 saturated carbocycles. The molecule has 2 N–H and O–H groups in total. The number of hydrogen-bond donors (Lipinski definition) is 1. The van der Waals surface area contributed by atoms with E-state index >= 15 is 0 Å². The van der Waals surface area contributed by atoms with Gasteiger partial charge >= 0.3 is 0 Å². The van der Waals surface area contributed by atoms with E-state index in [9.17, 15) is 8.42 Å². The average Bonchev–Trinajstić information content (AvgIpc) is 2.30. The van der Waals surface area contributed by atoms with Crippen LogP contribution in [0.25, 0.3) is 0 Å². The van der Waals surface area contributed by atoms with E-state index in [1.807, 2.05) is 19.0 Å². The molecule has 1 rings (SSSR count). The Hall–Kier alpha value is -0.990. The summed E-state index contributed by atoms with van der Waals surface area (Å²) in [5.74, 6) is 0.555. The van der Waals surface area contributed by atoms with Crippen molar-refractivity contribution in [2.75, 3.05) is 14.1 Å². The number of hydrogen-bond acceptors (Lipinski definition) is 5. The molecule has 0 aliphatic carbocycles. The number of rotatable bonds is 3. The number of primary sulfonamides is 1. The van der Waals surface area contributed by atoms with Crippen LogP contribution >= 0.6 is 0 Å². The van der Waals surface area contributed by atoms with Gasteiger partial charge in [0.15, 0.2) is 0 Å². The first-order chi connectivity index (χ1) is 6.32. The lowest BCUT2D eigenvalue weighted by Crippen LogP contribution is -2.19. The highest BCUT2D eigenvalue weighted by atomic mass is 32.2. The minimum absolute atomic E-state index is 0.214. The van der Waals surface area contributed by atoms with Crippen molar-refractivity contribution < 1.29 is 8.42 Å². The van der Waals surface area contributed by atoms with Gasteiger partial charge in [-0.1, -0.05) is 0 Å². The molecule has 0 aliphatic rings. The van der Waals surface area contributed by atoms with Gasteiger partial charge in [0.25, 0.3) is 15.2 Å². The van der Waals surface area contributed by atoms with E-state index in [-0.39, 0.29) is 5.16 Å². The van der Waals surface area contributed by atoms with Crippen LogP contribution in [0.5, 0.6) is 0 Å². The van der Waals surface area contributed by atoms with Crippen LogP contribution in [0, 0.1) is 0 Å². The standard InChI is InChI=1S/C6H13N5O2S/c1-10(2)4-5-8-9-6(11(5)3)14(7,12)13/h4H2,1-3H3,(H2,7,12,13). The maximum atomic E-state index is 11.0. The van der Waals surface area contributed by atoms with E-state index in [2.05, 4.69) is 10.2 Å². The van der Waals surface area contributed by atoms with Gasteiger partial charge < -0.3 is 9.47 Å². The largest absolute Gasteiger partial charge is 0.303 e. The van der Waals surface area contributed by atoms with Gasteiger partial charge in [-0.05, 0) is 14.1 Å². The summed E-state index contributed by atoms with van der Waals surface area (Å²) in [7, 11) is 1.50. The molecule has 7 nitrogen and oxygen atoms in total. The van der Waals surface area contributed by atoms with E-state index in [0.29, 0.717) is 12.4 Å². The third-order valence-electron chi connectivity index (χ3n) is 1.64. The molecule has 1 aromatic rings. The Balaban J connectivity index is 3.09. The molecule has 0 amide bonds. The highest BCUT2D eigenvalue weighted by Crippen LogP contribution is 2.05. The predicted molar refractivity (Wildman–Crippen MR) is 49.8 cm³/mol. The summed E-state index contributed by atoms with van der Waals surface area (Å²) in [4.78, 5) is 1.86. The maximum Gasteiger partial charge on any atom is 0.273 e. The summed E-state index contributed by atoms with van der Waals surface area (Å²) < 4.78 is 23.4. The molecule has 0 aromatic carbocycles. The van der Waals surface area contributed by atoms with E-state index in [4.69, 9.17) is 5.14 Å². The van der Waals surface area contributed by atoms with E-state index in [1.54, 1.807) is 7.05 Å². The van der Waals surface area contributed by atoms with Crippen LogP contribution in [0.4, 0.5) is 0 Å². The number of aromatic nitrogens is 3. The second-order valence-electron chi connectivity index (χ2n) is 3.24. The molecule has 1 heterocycles. The van der Waals surface area contributed by atoms with Gasteiger partial charge in [0, 0.05) is 7.05 Å². The first kappa shape index (κ1) is 11.1. The Morgan fingerprint density at radius 3 is 2.36 bits per heavy atom. The Labute approximate surface area is 82.6 Å². The Morgan fingerprint density at radius 1 is 1.43 bits per heavy atom. The van der Waals surface area contributed by atoms with Crippen molar-refractivity contribution >= 4 is 10.0 Å². The molecule has 0 unspecified atom stereocenters. The third-order valence-corrected chi connectivity index (χ3v) is 2.50. The highest BCUT2D eigenvalue weighted by molar-refractivity contribution is 7.89. The third kappa shape index (κ3) is 2.28. The molecule has 1 aromatic heterocycles. The van der Waals surface area contributed by atoms with Crippen LogP contribution in [-0.2, 0) is 23.6 Å². The average molecular weight is 219 g/mol. The van der Waals surface area contributed by atoms with Crippen molar-refractivity contribution in [2.24, 2.45) is 12.2 Å². The second-order valence-corrected chi connectivity index (χ2v) is 4.70. The molecular formula is C6H13N5O2S. The SMILES string of the molecule is CN(C)Cc1nnc(S(N)(=O)=O)n1C. The predicted octanol–water partition coefficient (Wildman–Crippen LogP) is -1.48. The molecule has 0 spiro atoms. The Kier molecular flexibility index (Phi) is 2.88. The van der Waals surface area contributed by atoms with E-state index < -0.39 is 10.0 Å². The zero-order valence-electron chi connectivity index (χ0n) is 8.30. The normalized spacial score (nSPS) is 12.4. The quantitative estimate of drug-likeness (QED) is 0.669. The number of nitrogens with two attached hydrogens (primary N) is 1. The Bertz CT molecular complexity index is 421. The van der Waals surface area contributed by atoms with Crippen molar-refractivity contribution in [3.05, 3.63) is 5.82 Å². The molecule has 8 heteroatoms. The summed E-state index contributed by atoms with van der Waals surface area (Å²) >= 11 is 0. The summed E-state index contributed by atoms with van der Waals surface area (Å²) in [6, 6.07) is 0. The smallest absolute Gasteiger partial charge is 0.273 e. The summed E-state index contributed by atoms with van der Waals surface area (Å²) in [6.07, 6.45) is 0. The molecule has 80 valence electrons. The number of nitrogens with zero attached hydrogens (tertiary/aromatic N) is 4. The molecule has 0 saturated heterocycles. The van der Waals surface area contributed by atoms with Crippen LogP contribution in [0.1, 0.15) is 5.82 Å². The van der Waals surface area contributed by atoms with E-state index in [1.165, 1.54) is 4.57 Å². The van der Waals surface area contributed by atoms with Gasteiger partial charge in [0.2, 0.25) is 0 Å². The van der Waals surface area contributed by atoms with Gasteiger partial charge in [-0.3, -0.25) is 0 Å². The van der Waals surface area contributed by atoms with Crippen molar-refractivity contribution in [1.29, 1.82) is 0 Å². The molecular weight excluding hydrogens is 206 g/mol. The minimum atomic E-state index is -3.78. The second kappa shape index (κ2) is 3.64. The monoisotopic (exact) mass is 219 g/mol. The first-order valence-corrected chi connectivity index (χ1v) is 5.43. The van der Waals surface area contributed by atoms with Gasteiger partial charge in [0.05, 0.1) is 6.54 Å². The first-order valence-electron chi connectivity index (χ1n) is 3.88. The van der Waals surface area contributed by atoms with Gasteiger partial charge in [0.1, 0.15) is 5.82 Å². The molecule has 0 bridgehead atoms. The van der Waals surface area contributed by atoms with Gasteiger partial charge in [-0.2, -0.15) is 0 Å². The summed E-state index contributed by atoms with van der Waals surface area (Å²) in [5.41, 5.74) is 0. The summed E-state index contributed by atoms with van der Waals surface area (Å²) in [6.45, 7) is 0.513. The molecule has 0 radical (unpaired) electrons. The van der Waals surface area contributed by atoms with Gasteiger partial charge in [-0.15, -0.1) is 10.2 Å². The van der Waals surface area contributed by atoms with Crippen molar-refractivity contribution in [3.8, 4) is 0 Å². The van der Waals surface area contributed by atoms with Crippen LogP contribution < -0.4 is 5.14 Å². The van der Waals surface area contributed by atoms with Crippen LogP contribution in [0.15, 0.2) is 5.16 Å².